The maximum atomic E-state index is 12.7. The van der Waals surface area contributed by atoms with Crippen LogP contribution in [0.2, 0.25) is 0 Å². The Kier molecular flexibility index (Phi) is 4.45. The third-order valence-corrected chi connectivity index (χ3v) is 4.60. The summed E-state index contributed by atoms with van der Waals surface area (Å²) < 4.78 is 11.1. The first kappa shape index (κ1) is 15.4. The van der Waals surface area contributed by atoms with Gasteiger partial charge in [-0.2, -0.15) is 0 Å². The minimum absolute atomic E-state index is 0. The summed E-state index contributed by atoms with van der Waals surface area (Å²) in [5.74, 6) is 1.51. The van der Waals surface area contributed by atoms with Gasteiger partial charge in [0, 0.05) is 30.7 Å². The highest BCUT2D eigenvalue weighted by Gasteiger charge is 2.31. The first-order valence-corrected chi connectivity index (χ1v) is 7.74. The molecule has 2 atom stereocenters. The van der Waals surface area contributed by atoms with Gasteiger partial charge in [-0.3, -0.25) is 4.79 Å². The minimum Gasteiger partial charge on any atom is -0.486 e. The minimum atomic E-state index is 0. The zero-order valence-corrected chi connectivity index (χ0v) is 13.2. The van der Waals surface area contributed by atoms with Crippen molar-refractivity contribution in [1.29, 1.82) is 0 Å². The van der Waals surface area contributed by atoms with Crippen molar-refractivity contribution < 1.29 is 14.3 Å². The highest BCUT2D eigenvalue weighted by Crippen LogP contribution is 2.31. The molecule has 0 spiro atoms. The Morgan fingerprint density at radius 1 is 1.09 bits per heavy atom. The number of ether oxygens (including phenoxy) is 2. The fraction of sp³-hybridized carbons (Fsp3) is 0.562. The topological polar surface area (TPSA) is 50.8 Å². The van der Waals surface area contributed by atoms with E-state index < -0.39 is 0 Å². The van der Waals surface area contributed by atoms with Crippen LogP contribution in [0.15, 0.2) is 18.2 Å². The molecule has 6 heteroatoms. The molecule has 2 bridgehead atoms. The van der Waals surface area contributed by atoms with Crippen LogP contribution in [0, 0.1) is 0 Å². The van der Waals surface area contributed by atoms with Crippen LogP contribution in [0.25, 0.3) is 0 Å². The smallest absolute Gasteiger partial charge is 0.254 e. The van der Waals surface area contributed by atoms with Crippen LogP contribution in [-0.4, -0.2) is 49.2 Å². The van der Waals surface area contributed by atoms with Crippen molar-refractivity contribution in [2.45, 2.75) is 31.3 Å². The third kappa shape index (κ3) is 2.88. The highest BCUT2D eigenvalue weighted by molar-refractivity contribution is 5.95. The second kappa shape index (κ2) is 6.34. The summed E-state index contributed by atoms with van der Waals surface area (Å²) >= 11 is 0. The molecule has 1 N–H and O–H groups in total. The zero-order chi connectivity index (χ0) is 14.2. The zero-order valence-electron chi connectivity index (χ0n) is 12.4. The Balaban J connectivity index is 0.00000144. The van der Waals surface area contributed by atoms with Crippen molar-refractivity contribution in [3.63, 3.8) is 0 Å². The second-order valence-electron chi connectivity index (χ2n) is 6.04. The van der Waals surface area contributed by atoms with Gasteiger partial charge in [-0.05, 0) is 37.5 Å². The van der Waals surface area contributed by atoms with E-state index in [-0.39, 0.29) is 18.3 Å². The summed E-state index contributed by atoms with van der Waals surface area (Å²) in [5, 5.41) is 3.60. The number of benzene rings is 1. The number of nitrogens with zero attached hydrogens (tertiary/aromatic N) is 1. The number of nitrogens with one attached hydrogen (secondary N) is 1. The van der Waals surface area contributed by atoms with E-state index in [0.29, 0.717) is 36.6 Å². The van der Waals surface area contributed by atoms with Crippen molar-refractivity contribution in [1.82, 2.24) is 10.2 Å². The van der Waals surface area contributed by atoms with Crippen LogP contribution >= 0.6 is 12.4 Å². The van der Waals surface area contributed by atoms with Crippen molar-refractivity contribution in [2.75, 3.05) is 26.3 Å². The van der Waals surface area contributed by atoms with Crippen molar-refractivity contribution >= 4 is 18.3 Å². The lowest BCUT2D eigenvalue weighted by atomic mass is 10.1. The van der Waals surface area contributed by atoms with Crippen molar-refractivity contribution in [3.05, 3.63) is 23.8 Å². The Labute approximate surface area is 136 Å². The first-order chi connectivity index (χ1) is 10.3. The number of amides is 1. The molecular formula is C16H21ClN2O3. The number of likely N-dealkylation sites (tertiary alicyclic amines) is 1. The molecule has 4 rings (SSSR count). The van der Waals surface area contributed by atoms with E-state index in [2.05, 4.69) is 5.32 Å². The number of halogens is 1. The third-order valence-electron chi connectivity index (χ3n) is 4.60. The fourth-order valence-corrected chi connectivity index (χ4v) is 3.49. The molecule has 1 aromatic rings. The molecule has 22 heavy (non-hydrogen) atoms. The molecule has 2 fully saturated rings. The number of carbonyl (C=O) groups is 1. The molecule has 3 heterocycles. The van der Waals surface area contributed by atoms with E-state index in [1.807, 2.05) is 23.1 Å². The van der Waals surface area contributed by atoms with Gasteiger partial charge in [-0.1, -0.05) is 0 Å². The number of hydrogen-bond acceptors (Lipinski definition) is 4. The summed E-state index contributed by atoms with van der Waals surface area (Å²) in [7, 11) is 0. The van der Waals surface area contributed by atoms with E-state index in [1.54, 1.807) is 0 Å². The quantitative estimate of drug-likeness (QED) is 0.856. The summed E-state index contributed by atoms with van der Waals surface area (Å²) in [5.41, 5.74) is 0.692. The molecule has 0 aliphatic carbocycles. The molecule has 5 nitrogen and oxygen atoms in total. The Morgan fingerprint density at radius 3 is 2.73 bits per heavy atom. The van der Waals surface area contributed by atoms with E-state index in [9.17, 15) is 4.79 Å². The fourth-order valence-electron chi connectivity index (χ4n) is 3.49. The Morgan fingerprint density at radius 2 is 1.86 bits per heavy atom. The lowest BCUT2D eigenvalue weighted by molar-refractivity contribution is 0.0747. The monoisotopic (exact) mass is 324 g/mol. The van der Waals surface area contributed by atoms with Gasteiger partial charge in [0.05, 0.1) is 0 Å². The molecule has 1 amide bonds. The Bertz CT molecular complexity index is 566. The number of carbonyl (C=O) groups excluding carboxylic acids is 1. The normalized spacial score (nSPS) is 26.1. The highest BCUT2D eigenvalue weighted by atomic mass is 35.5. The van der Waals surface area contributed by atoms with Gasteiger partial charge in [0.2, 0.25) is 0 Å². The van der Waals surface area contributed by atoms with Crippen LogP contribution in [-0.2, 0) is 0 Å². The SMILES string of the molecule is Cl.O=C(c1ccc2c(c1)OCCO2)N1CCC2CCC(C1)N2. The average molecular weight is 325 g/mol. The number of hydrogen-bond donors (Lipinski definition) is 1. The molecule has 120 valence electrons. The molecule has 0 aromatic heterocycles. The predicted molar refractivity (Wildman–Crippen MR) is 85.1 cm³/mol. The van der Waals surface area contributed by atoms with Gasteiger partial charge in [0.25, 0.3) is 5.91 Å². The van der Waals surface area contributed by atoms with Gasteiger partial charge in [-0.25, -0.2) is 0 Å². The van der Waals surface area contributed by atoms with Crippen LogP contribution in [0.5, 0.6) is 11.5 Å². The molecule has 0 saturated carbocycles. The second-order valence-corrected chi connectivity index (χ2v) is 6.04. The summed E-state index contributed by atoms with van der Waals surface area (Å²) in [6.45, 7) is 2.76. The van der Waals surface area contributed by atoms with Gasteiger partial charge in [0.15, 0.2) is 11.5 Å². The van der Waals surface area contributed by atoms with Crippen molar-refractivity contribution in [2.24, 2.45) is 0 Å². The molecule has 2 saturated heterocycles. The molecule has 0 radical (unpaired) electrons. The van der Waals surface area contributed by atoms with Crippen LogP contribution in [0.4, 0.5) is 0 Å². The van der Waals surface area contributed by atoms with Gasteiger partial charge in [0.1, 0.15) is 13.2 Å². The maximum Gasteiger partial charge on any atom is 0.254 e. The molecule has 2 unspecified atom stereocenters. The van der Waals surface area contributed by atoms with Gasteiger partial charge in [-0.15, -0.1) is 12.4 Å². The van der Waals surface area contributed by atoms with Gasteiger partial charge < -0.3 is 19.7 Å². The van der Waals surface area contributed by atoms with Crippen LogP contribution in [0.3, 0.4) is 0 Å². The lowest BCUT2D eigenvalue weighted by Gasteiger charge is -2.25. The molecule has 3 aliphatic rings. The van der Waals surface area contributed by atoms with E-state index in [0.717, 1.165) is 25.3 Å². The molecule has 1 aromatic carbocycles. The standard InChI is InChI=1S/C16H20N2O3.ClH/c19-16(18-6-5-12-2-3-13(10-18)17-12)11-1-4-14-15(9-11)21-8-7-20-14;/h1,4,9,12-13,17H,2-3,5-8,10H2;1H. The number of fused-ring (bicyclic) bond motifs is 3. The summed E-state index contributed by atoms with van der Waals surface area (Å²) in [6.07, 6.45) is 3.47. The maximum absolute atomic E-state index is 12.7. The van der Waals surface area contributed by atoms with Crippen molar-refractivity contribution in [3.8, 4) is 11.5 Å². The van der Waals surface area contributed by atoms with E-state index >= 15 is 0 Å². The summed E-state index contributed by atoms with van der Waals surface area (Å²) in [6, 6.07) is 6.54. The predicted octanol–water partition coefficient (Wildman–Crippen LogP) is 1.85. The van der Waals surface area contributed by atoms with Crippen LogP contribution < -0.4 is 14.8 Å². The Hall–Kier alpha value is -1.46. The van der Waals surface area contributed by atoms with E-state index in [1.165, 1.54) is 12.8 Å². The number of rotatable bonds is 1. The van der Waals surface area contributed by atoms with E-state index in [4.69, 9.17) is 9.47 Å². The molecular weight excluding hydrogens is 304 g/mol. The summed E-state index contributed by atoms with van der Waals surface area (Å²) in [4.78, 5) is 14.7. The average Bonchev–Trinajstić information content (AvgIpc) is 2.85. The first-order valence-electron chi connectivity index (χ1n) is 7.74. The molecule has 3 aliphatic heterocycles. The van der Waals surface area contributed by atoms with Crippen LogP contribution in [0.1, 0.15) is 29.6 Å². The largest absolute Gasteiger partial charge is 0.486 e. The van der Waals surface area contributed by atoms with Gasteiger partial charge >= 0.3 is 0 Å². The lowest BCUT2D eigenvalue weighted by Crippen LogP contribution is -2.39.